The summed E-state index contributed by atoms with van der Waals surface area (Å²) in [7, 11) is 2.10. The third-order valence-electron chi connectivity index (χ3n) is 3.54. The van der Waals surface area contributed by atoms with E-state index in [9.17, 15) is 4.79 Å². The molecule has 1 fully saturated rings. The zero-order valence-corrected chi connectivity index (χ0v) is 10.9. The molecule has 5 heteroatoms. The van der Waals surface area contributed by atoms with Gasteiger partial charge in [-0.3, -0.25) is 9.78 Å². The third-order valence-corrected chi connectivity index (χ3v) is 3.54. The van der Waals surface area contributed by atoms with E-state index >= 15 is 0 Å². The first-order valence-corrected chi connectivity index (χ1v) is 6.56. The molecule has 0 saturated carbocycles. The van der Waals surface area contributed by atoms with E-state index < -0.39 is 0 Å². The number of nitrogens with one attached hydrogen (secondary N) is 1. The van der Waals surface area contributed by atoms with E-state index in [0.717, 1.165) is 25.9 Å². The molecule has 5 nitrogen and oxygen atoms in total. The molecule has 0 amide bonds. The molecule has 2 aromatic rings. The van der Waals surface area contributed by atoms with Crippen molar-refractivity contribution in [2.45, 2.75) is 18.9 Å². The predicted molar refractivity (Wildman–Crippen MR) is 73.5 cm³/mol. The summed E-state index contributed by atoms with van der Waals surface area (Å²) in [5.41, 5.74) is 0.530. The standard InChI is InChI=1S/C14H17N3O2/c1-17-8-6-10(7-9-17)19-14-15-12-5-3-2-4-11(12)13(18)16-14/h2-5,10H,6-9H2,1H3,(H,15,16,18). The molecule has 1 aliphatic rings. The van der Waals surface area contributed by atoms with Crippen LogP contribution in [-0.2, 0) is 0 Å². The van der Waals surface area contributed by atoms with Gasteiger partial charge in [-0.15, -0.1) is 0 Å². The largest absolute Gasteiger partial charge is 0.461 e. The summed E-state index contributed by atoms with van der Waals surface area (Å²) < 4.78 is 5.80. The van der Waals surface area contributed by atoms with Gasteiger partial charge in [0.25, 0.3) is 11.6 Å². The fraction of sp³-hybridized carbons (Fsp3) is 0.429. The number of benzene rings is 1. The monoisotopic (exact) mass is 259 g/mol. The molecule has 1 saturated heterocycles. The Labute approximate surface area is 111 Å². The minimum atomic E-state index is -0.145. The van der Waals surface area contributed by atoms with Gasteiger partial charge in [-0.2, -0.15) is 4.98 Å². The highest BCUT2D eigenvalue weighted by molar-refractivity contribution is 5.77. The van der Waals surface area contributed by atoms with Crippen LogP contribution in [0.3, 0.4) is 0 Å². The van der Waals surface area contributed by atoms with Crippen LogP contribution in [0.15, 0.2) is 29.1 Å². The maximum Gasteiger partial charge on any atom is 0.297 e. The molecule has 0 atom stereocenters. The molecule has 1 aliphatic heterocycles. The second-order valence-corrected chi connectivity index (χ2v) is 5.01. The lowest BCUT2D eigenvalue weighted by Crippen LogP contribution is -2.36. The van der Waals surface area contributed by atoms with Crippen LogP contribution in [0.4, 0.5) is 0 Å². The Morgan fingerprint density at radius 2 is 2.05 bits per heavy atom. The summed E-state index contributed by atoms with van der Waals surface area (Å²) in [6.07, 6.45) is 2.07. The van der Waals surface area contributed by atoms with E-state index in [4.69, 9.17) is 4.74 Å². The summed E-state index contributed by atoms with van der Waals surface area (Å²) in [5.74, 6) is 0. The molecule has 0 aliphatic carbocycles. The number of aromatic nitrogens is 2. The van der Waals surface area contributed by atoms with Crippen LogP contribution in [0.2, 0.25) is 0 Å². The zero-order valence-electron chi connectivity index (χ0n) is 10.9. The molecular weight excluding hydrogens is 242 g/mol. The van der Waals surface area contributed by atoms with Crippen molar-refractivity contribution in [2.75, 3.05) is 20.1 Å². The maximum atomic E-state index is 11.9. The van der Waals surface area contributed by atoms with E-state index in [2.05, 4.69) is 21.9 Å². The van der Waals surface area contributed by atoms with Gasteiger partial charge in [0.2, 0.25) is 0 Å². The summed E-state index contributed by atoms with van der Waals surface area (Å²) >= 11 is 0. The Balaban J connectivity index is 1.83. The van der Waals surface area contributed by atoms with E-state index in [1.54, 1.807) is 6.07 Å². The number of fused-ring (bicyclic) bond motifs is 1. The number of hydrogen-bond donors (Lipinski definition) is 1. The number of ether oxygens (including phenoxy) is 1. The molecule has 100 valence electrons. The Kier molecular flexibility index (Phi) is 3.21. The maximum absolute atomic E-state index is 11.9. The number of para-hydroxylation sites is 1. The van der Waals surface area contributed by atoms with Gasteiger partial charge in [-0.1, -0.05) is 12.1 Å². The lowest BCUT2D eigenvalue weighted by Gasteiger charge is -2.28. The number of rotatable bonds is 2. The average molecular weight is 259 g/mol. The quantitative estimate of drug-likeness (QED) is 0.885. The first-order valence-electron chi connectivity index (χ1n) is 6.56. The van der Waals surface area contributed by atoms with E-state index in [1.807, 2.05) is 18.2 Å². The normalized spacial score (nSPS) is 17.7. The first-order chi connectivity index (χ1) is 9.22. The number of piperidine rings is 1. The Bertz CT molecular complexity index is 630. The van der Waals surface area contributed by atoms with Gasteiger partial charge in [0, 0.05) is 13.1 Å². The number of aromatic amines is 1. The third kappa shape index (κ3) is 2.61. The molecule has 1 aromatic heterocycles. The van der Waals surface area contributed by atoms with Gasteiger partial charge in [0.15, 0.2) is 0 Å². The van der Waals surface area contributed by atoms with Crippen LogP contribution in [0.1, 0.15) is 12.8 Å². The molecule has 0 unspecified atom stereocenters. The summed E-state index contributed by atoms with van der Waals surface area (Å²) in [4.78, 5) is 21.2. The molecule has 0 spiro atoms. The fourth-order valence-corrected chi connectivity index (χ4v) is 2.38. The van der Waals surface area contributed by atoms with E-state index in [0.29, 0.717) is 16.9 Å². The molecule has 0 bridgehead atoms. The van der Waals surface area contributed by atoms with Crippen LogP contribution in [0.25, 0.3) is 10.9 Å². The van der Waals surface area contributed by atoms with Crippen LogP contribution in [0, 0.1) is 0 Å². The molecule has 1 aromatic carbocycles. The predicted octanol–water partition coefficient (Wildman–Crippen LogP) is 1.40. The number of nitrogens with zero attached hydrogens (tertiary/aromatic N) is 2. The number of H-pyrrole nitrogens is 1. The molecule has 3 rings (SSSR count). The fourth-order valence-electron chi connectivity index (χ4n) is 2.38. The highest BCUT2D eigenvalue weighted by Gasteiger charge is 2.19. The molecule has 2 heterocycles. The van der Waals surface area contributed by atoms with Gasteiger partial charge >= 0.3 is 0 Å². The van der Waals surface area contributed by atoms with Gasteiger partial charge in [-0.25, -0.2) is 0 Å². The highest BCUT2D eigenvalue weighted by Crippen LogP contribution is 2.16. The van der Waals surface area contributed by atoms with E-state index in [1.165, 1.54) is 0 Å². The Morgan fingerprint density at radius 3 is 2.84 bits per heavy atom. The molecule has 19 heavy (non-hydrogen) atoms. The lowest BCUT2D eigenvalue weighted by atomic mass is 10.1. The van der Waals surface area contributed by atoms with Crippen molar-refractivity contribution >= 4 is 10.9 Å². The average Bonchev–Trinajstić information content (AvgIpc) is 2.42. The Hall–Kier alpha value is -1.88. The van der Waals surface area contributed by atoms with Crippen molar-refractivity contribution in [1.82, 2.24) is 14.9 Å². The van der Waals surface area contributed by atoms with E-state index in [-0.39, 0.29) is 11.7 Å². The summed E-state index contributed by atoms with van der Waals surface area (Å²) in [6, 6.07) is 7.62. The van der Waals surface area contributed by atoms with Crippen molar-refractivity contribution in [3.05, 3.63) is 34.6 Å². The topological polar surface area (TPSA) is 58.2 Å². The SMILES string of the molecule is CN1CCC(Oc2nc3ccccc3c(=O)[nH]2)CC1. The minimum absolute atomic E-state index is 0.139. The zero-order chi connectivity index (χ0) is 13.2. The number of hydrogen-bond acceptors (Lipinski definition) is 4. The van der Waals surface area contributed by atoms with Crippen LogP contribution in [0.5, 0.6) is 6.01 Å². The lowest BCUT2D eigenvalue weighted by molar-refractivity contribution is 0.105. The van der Waals surface area contributed by atoms with Crippen LogP contribution < -0.4 is 10.3 Å². The van der Waals surface area contributed by atoms with Crippen LogP contribution >= 0.6 is 0 Å². The van der Waals surface area contributed by atoms with Crippen molar-refractivity contribution in [3.8, 4) is 6.01 Å². The van der Waals surface area contributed by atoms with Crippen LogP contribution in [-0.4, -0.2) is 41.1 Å². The van der Waals surface area contributed by atoms with Gasteiger partial charge in [0.1, 0.15) is 6.10 Å². The second-order valence-electron chi connectivity index (χ2n) is 5.01. The highest BCUT2D eigenvalue weighted by atomic mass is 16.5. The minimum Gasteiger partial charge on any atom is -0.461 e. The number of likely N-dealkylation sites (tertiary alicyclic amines) is 1. The summed E-state index contributed by atoms with van der Waals surface area (Å²) in [6.45, 7) is 2.03. The van der Waals surface area contributed by atoms with Gasteiger partial charge < -0.3 is 9.64 Å². The first kappa shape index (κ1) is 12.2. The second kappa shape index (κ2) is 5.01. The van der Waals surface area contributed by atoms with Crippen molar-refractivity contribution in [2.24, 2.45) is 0 Å². The molecular formula is C14H17N3O2. The molecule has 1 N–H and O–H groups in total. The smallest absolute Gasteiger partial charge is 0.297 e. The molecule has 0 radical (unpaired) electrons. The van der Waals surface area contributed by atoms with Gasteiger partial charge in [0.05, 0.1) is 10.9 Å². The van der Waals surface area contributed by atoms with Crippen molar-refractivity contribution < 1.29 is 4.74 Å². The summed E-state index contributed by atoms with van der Waals surface area (Å²) in [5, 5.41) is 0.596. The Morgan fingerprint density at radius 1 is 1.32 bits per heavy atom. The van der Waals surface area contributed by atoms with Crippen molar-refractivity contribution in [1.29, 1.82) is 0 Å². The van der Waals surface area contributed by atoms with Crippen molar-refractivity contribution in [3.63, 3.8) is 0 Å². The van der Waals surface area contributed by atoms with Gasteiger partial charge in [-0.05, 0) is 32.0 Å².